The number of hydrogen-bond donors (Lipinski definition) is 1. The smallest absolute Gasteiger partial charge is 0.223 e. The first-order valence-electron chi connectivity index (χ1n) is 8.76. The Morgan fingerprint density at radius 3 is 2.71 bits per heavy atom. The van der Waals surface area contributed by atoms with Gasteiger partial charge in [-0.25, -0.2) is 9.82 Å². The highest BCUT2D eigenvalue weighted by molar-refractivity contribution is 6.33. The molecule has 3 aromatic rings. The molecule has 0 aliphatic carbocycles. The number of benzene rings is 2. The molecule has 8 heteroatoms. The zero-order valence-corrected chi connectivity index (χ0v) is 15.9. The Hall–Kier alpha value is -2.90. The van der Waals surface area contributed by atoms with Crippen molar-refractivity contribution in [1.29, 1.82) is 0 Å². The van der Waals surface area contributed by atoms with Crippen LogP contribution in [0.3, 0.4) is 0 Å². The van der Waals surface area contributed by atoms with Gasteiger partial charge >= 0.3 is 0 Å². The molecule has 144 valence electrons. The molecule has 0 fully saturated rings. The number of nitrogens with one attached hydrogen (secondary N) is 1. The second-order valence-corrected chi connectivity index (χ2v) is 6.79. The van der Waals surface area contributed by atoms with Gasteiger partial charge in [-0.05, 0) is 36.4 Å². The Labute approximate surface area is 166 Å². The molecule has 1 aromatic heterocycles. The van der Waals surface area contributed by atoms with Crippen LogP contribution in [-0.2, 0) is 6.42 Å². The van der Waals surface area contributed by atoms with Gasteiger partial charge in [0.05, 0.1) is 16.8 Å². The van der Waals surface area contributed by atoms with E-state index in [9.17, 15) is 4.39 Å². The van der Waals surface area contributed by atoms with Gasteiger partial charge in [0, 0.05) is 25.1 Å². The highest BCUT2D eigenvalue weighted by Crippen LogP contribution is 2.29. The summed E-state index contributed by atoms with van der Waals surface area (Å²) in [6.07, 6.45) is 2.47. The van der Waals surface area contributed by atoms with E-state index in [4.69, 9.17) is 20.9 Å². The molecule has 2 heterocycles. The van der Waals surface area contributed by atoms with Crippen LogP contribution in [0.5, 0.6) is 5.75 Å². The highest BCUT2D eigenvalue weighted by Gasteiger charge is 2.28. The average Bonchev–Trinajstić information content (AvgIpc) is 3.28. The number of rotatable bonds is 6. The molecule has 0 saturated carbocycles. The first-order valence-corrected chi connectivity index (χ1v) is 9.14. The third-order valence-corrected chi connectivity index (χ3v) is 4.64. The van der Waals surface area contributed by atoms with Crippen LogP contribution in [0.15, 0.2) is 64.8 Å². The molecule has 1 aliphatic heterocycles. The SMILES string of the molecule is Cc1nc(CC2NN(c3ccccc3Cl)C=C2COc2ccc(F)cc2)no1. The normalized spacial score (nSPS) is 16.3. The molecule has 0 bridgehead atoms. The second kappa shape index (κ2) is 8.00. The summed E-state index contributed by atoms with van der Waals surface area (Å²) in [5.74, 6) is 1.41. The zero-order chi connectivity index (χ0) is 19.5. The number of hydrogen-bond acceptors (Lipinski definition) is 6. The van der Waals surface area contributed by atoms with Crippen LogP contribution in [-0.4, -0.2) is 22.8 Å². The number of para-hydroxylation sites is 1. The lowest BCUT2D eigenvalue weighted by Crippen LogP contribution is -2.38. The fraction of sp³-hybridized carbons (Fsp3) is 0.200. The summed E-state index contributed by atoms with van der Waals surface area (Å²) in [6.45, 7) is 2.07. The molecule has 28 heavy (non-hydrogen) atoms. The van der Waals surface area contributed by atoms with Crippen molar-refractivity contribution in [2.45, 2.75) is 19.4 Å². The van der Waals surface area contributed by atoms with Gasteiger partial charge in [-0.3, -0.25) is 5.01 Å². The molecule has 0 spiro atoms. The number of anilines is 1. The van der Waals surface area contributed by atoms with E-state index >= 15 is 0 Å². The minimum Gasteiger partial charge on any atom is -0.489 e. The average molecular weight is 401 g/mol. The van der Waals surface area contributed by atoms with E-state index in [0.29, 0.717) is 35.5 Å². The van der Waals surface area contributed by atoms with Gasteiger partial charge in [-0.2, -0.15) is 4.98 Å². The van der Waals surface area contributed by atoms with Crippen LogP contribution in [0.25, 0.3) is 0 Å². The van der Waals surface area contributed by atoms with Gasteiger partial charge in [0.25, 0.3) is 0 Å². The molecular formula is C20H18ClFN4O2. The number of ether oxygens (including phenoxy) is 1. The molecule has 0 saturated heterocycles. The van der Waals surface area contributed by atoms with Crippen molar-refractivity contribution in [3.8, 4) is 5.75 Å². The topological polar surface area (TPSA) is 63.4 Å². The lowest BCUT2D eigenvalue weighted by molar-refractivity contribution is 0.339. The van der Waals surface area contributed by atoms with Gasteiger partial charge in [-0.15, -0.1) is 0 Å². The monoisotopic (exact) mass is 400 g/mol. The summed E-state index contributed by atoms with van der Waals surface area (Å²) < 4.78 is 24.0. The van der Waals surface area contributed by atoms with Crippen molar-refractivity contribution in [1.82, 2.24) is 15.6 Å². The third kappa shape index (κ3) is 4.16. The van der Waals surface area contributed by atoms with Crippen LogP contribution in [0, 0.1) is 12.7 Å². The van der Waals surface area contributed by atoms with E-state index < -0.39 is 0 Å². The van der Waals surface area contributed by atoms with E-state index in [1.807, 2.05) is 35.5 Å². The van der Waals surface area contributed by atoms with Crippen molar-refractivity contribution < 1.29 is 13.7 Å². The first kappa shape index (κ1) is 18.5. The van der Waals surface area contributed by atoms with Crippen molar-refractivity contribution in [3.05, 3.63) is 82.9 Å². The fourth-order valence-corrected chi connectivity index (χ4v) is 3.18. The summed E-state index contributed by atoms with van der Waals surface area (Å²) in [5, 5.41) is 6.47. The fourth-order valence-electron chi connectivity index (χ4n) is 2.95. The highest BCUT2D eigenvalue weighted by atomic mass is 35.5. The van der Waals surface area contributed by atoms with Gasteiger partial charge in [0.2, 0.25) is 5.89 Å². The van der Waals surface area contributed by atoms with Crippen LogP contribution in [0.2, 0.25) is 5.02 Å². The van der Waals surface area contributed by atoms with E-state index in [-0.39, 0.29) is 11.9 Å². The Bertz CT molecular complexity index is 990. The first-order chi connectivity index (χ1) is 13.6. The summed E-state index contributed by atoms with van der Waals surface area (Å²) in [5.41, 5.74) is 5.20. The minimum absolute atomic E-state index is 0.103. The van der Waals surface area contributed by atoms with Crippen molar-refractivity contribution in [3.63, 3.8) is 0 Å². The summed E-state index contributed by atoms with van der Waals surface area (Å²) in [6, 6.07) is 13.4. The number of nitrogens with zero attached hydrogens (tertiary/aromatic N) is 3. The maximum atomic E-state index is 13.1. The van der Waals surface area contributed by atoms with Gasteiger partial charge in [0.1, 0.15) is 18.2 Å². The number of hydrazine groups is 1. The van der Waals surface area contributed by atoms with Gasteiger partial charge in [-0.1, -0.05) is 28.9 Å². The number of halogens is 2. The standard InChI is InChI=1S/C20H18ClFN4O2/c1-13-23-20(25-28-13)10-18-14(12-27-16-8-6-15(22)7-9-16)11-26(24-18)19-5-3-2-4-17(19)21/h2-9,11,18,24H,10,12H2,1H3. The van der Waals surface area contributed by atoms with E-state index in [2.05, 4.69) is 15.6 Å². The molecule has 1 aliphatic rings. The maximum Gasteiger partial charge on any atom is 0.223 e. The molecule has 0 amide bonds. The molecule has 4 rings (SSSR count). The van der Waals surface area contributed by atoms with Gasteiger partial charge < -0.3 is 9.26 Å². The molecule has 1 N–H and O–H groups in total. The summed E-state index contributed by atoms with van der Waals surface area (Å²) >= 11 is 6.33. The van der Waals surface area contributed by atoms with Crippen molar-refractivity contribution >= 4 is 17.3 Å². The Morgan fingerprint density at radius 1 is 1.21 bits per heavy atom. The lowest BCUT2D eigenvalue weighted by Gasteiger charge is -2.20. The predicted molar refractivity (Wildman–Crippen MR) is 104 cm³/mol. The molecular weight excluding hydrogens is 383 g/mol. The van der Waals surface area contributed by atoms with Crippen LogP contribution >= 0.6 is 11.6 Å². The van der Waals surface area contributed by atoms with Crippen molar-refractivity contribution in [2.24, 2.45) is 0 Å². The Morgan fingerprint density at radius 2 is 2.00 bits per heavy atom. The quantitative estimate of drug-likeness (QED) is 0.673. The van der Waals surface area contributed by atoms with Crippen LogP contribution < -0.4 is 15.2 Å². The Kier molecular flexibility index (Phi) is 5.27. The summed E-state index contributed by atoms with van der Waals surface area (Å²) in [7, 11) is 0. The van der Waals surface area contributed by atoms with E-state index in [0.717, 1.165) is 11.3 Å². The molecule has 1 unspecified atom stereocenters. The largest absolute Gasteiger partial charge is 0.489 e. The minimum atomic E-state index is -0.302. The van der Waals surface area contributed by atoms with Crippen LogP contribution in [0.1, 0.15) is 11.7 Å². The maximum absolute atomic E-state index is 13.1. The predicted octanol–water partition coefficient (Wildman–Crippen LogP) is 4.07. The van der Waals surface area contributed by atoms with E-state index in [1.54, 1.807) is 19.1 Å². The van der Waals surface area contributed by atoms with E-state index in [1.165, 1.54) is 12.1 Å². The third-order valence-electron chi connectivity index (χ3n) is 4.32. The number of aryl methyl sites for hydroxylation is 1. The Balaban J connectivity index is 1.54. The van der Waals surface area contributed by atoms with Crippen LogP contribution in [0.4, 0.5) is 10.1 Å². The lowest BCUT2D eigenvalue weighted by atomic mass is 10.1. The molecule has 1 atom stereocenters. The summed E-state index contributed by atoms with van der Waals surface area (Å²) in [4.78, 5) is 4.28. The van der Waals surface area contributed by atoms with Gasteiger partial charge in [0.15, 0.2) is 5.82 Å². The second-order valence-electron chi connectivity index (χ2n) is 6.38. The molecule has 2 aromatic carbocycles. The van der Waals surface area contributed by atoms with Crippen molar-refractivity contribution in [2.75, 3.05) is 11.6 Å². The molecule has 0 radical (unpaired) electrons. The number of aromatic nitrogens is 2. The molecule has 6 nitrogen and oxygen atoms in total. The zero-order valence-electron chi connectivity index (χ0n) is 15.1.